The van der Waals surface area contributed by atoms with Crippen LogP contribution in [0.4, 0.5) is 0 Å². The number of rotatable bonds is 4. The van der Waals surface area contributed by atoms with E-state index in [0.29, 0.717) is 18.5 Å². The van der Waals surface area contributed by atoms with Crippen molar-refractivity contribution in [2.24, 2.45) is 0 Å². The fraction of sp³-hybridized carbons (Fsp3) is 0.471. The van der Waals surface area contributed by atoms with Gasteiger partial charge in [-0.1, -0.05) is 6.07 Å². The van der Waals surface area contributed by atoms with E-state index in [1.165, 1.54) is 0 Å². The fourth-order valence-corrected chi connectivity index (χ4v) is 2.56. The highest BCUT2D eigenvalue weighted by atomic mass is 16.2. The average molecular weight is 317 g/mol. The van der Waals surface area contributed by atoms with Gasteiger partial charge in [-0.05, 0) is 49.9 Å². The molecule has 1 aromatic carbocycles. The molecule has 1 saturated heterocycles. The Morgan fingerprint density at radius 3 is 2.70 bits per heavy atom. The van der Waals surface area contributed by atoms with Crippen molar-refractivity contribution < 1.29 is 14.4 Å². The molecule has 3 amide bonds. The number of hydrogen-bond donors (Lipinski definition) is 2. The summed E-state index contributed by atoms with van der Waals surface area (Å²) in [4.78, 5) is 37.5. The maximum atomic E-state index is 12.1. The van der Waals surface area contributed by atoms with Crippen molar-refractivity contribution in [3.05, 3.63) is 34.9 Å². The summed E-state index contributed by atoms with van der Waals surface area (Å²) in [5.74, 6) is -0.726. The van der Waals surface area contributed by atoms with Crippen molar-refractivity contribution in [2.45, 2.75) is 32.7 Å². The Kier molecular flexibility index (Phi) is 5.36. The van der Waals surface area contributed by atoms with Crippen molar-refractivity contribution in [1.29, 1.82) is 0 Å². The predicted octanol–water partition coefficient (Wildman–Crippen LogP) is 0.770. The maximum absolute atomic E-state index is 12.1. The van der Waals surface area contributed by atoms with Gasteiger partial charge in [0.2, 0.25) is 11.8 Å². The van der Waals surface area contributed by atoms with Crippen LogP contribution in [0.15, 0.2) is 18.2 Å². The van der Waals surface area contributed by atoms with E-state index in [-0.39, 0.29) is 24.3 Å². The van der Waals surface area contributed by atoms with Crippen LogP contribution >= 0.6 is 0 Å². The lowest BCUT2D eigenvalue weighted by molar-refractivity contribution is -0.137. The molecule has 2 rings (SSSR count). The molecule has 0 aromatic heterocycles. The van der Waals surface area contributed by atoms with Gasteiger partial charge in [0.15, 0.2) is 0 Å². The van der Waals surface area contributed by atoms with Gasteiger partial charge in [-0.15, -0.1) is 0 Å². The van der Waals surface area contributed by atoms with E-state index in [2.05, 4.69) is 10.6 Å². The molecule has 6 nitrogen and oxygen atoms in total. The number of hydrogen-bond acceptors (Lipinski definition) is 3. The second-order valence-electron chi connectivity index (χ2n) is 6.00. The summed E-state index contributed by atoms with van der Waals surface area (Å²) in [6.07, 6.45) is 1.50. The average Bonchev–Trinajstić information content (AvgIpc) is 2.52. The summed E-state index contributed by atoms with van der Waals surface area (Å²) in [5, 5.41) is 5.27. The van der Waals surface area contributed by atoms with E-state index in [1.54, 1.807) is 24.1 Å². The molecule has 0 aliphatic carbocycles. The van der Waals surface area contributed by atoms with Crippen LogP contribution < -0.4 is 10.6 Å². The van der Waals surface area contributed by atoms with Crippen molar-refractivity contribution in [2.75, 3.05) is 20.1 Å². The topological polar surface area (TPSA) is 78.5 Å². The lowest BCUT2D eigenvalue weighted by atomic mass is 10.1. The first-order chi connectivity index (χ1) is 10.9. The molecule has 0 radical (unpaired) electrons. The maximum Gasteiger partial charge on any atom is 0.251 e. The molecule has 23 heavy (non-hydrogen) atoms. The van der Waals surface area contributed by atoms with E-state index in [9.17, 15) is 14.4 Å². The second-order valence-corrected chi connectivity index (χ2v) is 6.00. The Morgan fingerprint density at radius 2 is 2.00 bits per heavy atom. The molecular weight excluding hydrogens is 294 g/mol. The molecule has 2 N–H and O–H groups in total. The highest BCUT2D eigenvalue weighted by Gasteiger charge is 2.27. The van der Waals surface area contributed by atoms with Crippen LogP contribution in [0.5, 0.6) is 0 Å². The van der Waals surface area contributed by atoms with E-state index >= 15 is 0 Å². The van der Waals surface area contributed by atoms with E-state index in [1.807, 2.05) is 19.9 Å². The molecule has 1 atom stereocenters. The Morgan fingerprint density at radius 1 is 1.26 bits per heavy atom. The molecule has 124 valence electrons. The lowest BCUT2D eigenvalue weighted by Crippen LogP contribution is -2.52. The van der Waals surface area contributed by atoms with Crippen LogP contribution in [-0.2, 0) is 9.59 Å². The van der Waals surface area contributed by atoms with Crippen molar-refractivity contribution in [3.8, 4) is 0 Å². The molecule has 0 bridgehead atoms. The minimum atomic E-state index is -0.486. The normalized spacial score (nSPS) is 17.8. The van der Waals surface area contributed by atoms with Crippen LogP contribution in [0.2, 0.25) is 0 Å². The summed E-state index contributed by atoms with van der Waals surface area (Å²) in [7, 11) is 1.72. The molecule has 0 spiro atoms. The molecule has 0 saturated carbocycles. The number of benzene rings is 1. The summed E-state index contributed by atoms with van der Waals surface area (Å²) >= 11 is 0. The molecular formula is C17H23N3O3. The van der Waals surface area contributed by atoms with Crippen LogP contribution in [0.25, 0.3) is 0 Å². The van der Waals surface area contributed by atoms with Crippen LogP contribution in [0, 0.1) is 13.8 Å². The zero-order valence-corrected chi connectivity index (χ0v) is 13.8. The molecule has 1 aromatic rings. The number of piperidine rings is 1. The van der Waals surface area contributed by atoms with Gasteiger partial charge in [-0.25, -0.2) is 0 Å². The third-order valence-electron chi connectivity index (χ3n) is 4.17. The molecule has 1 aliphatic rings. The molecule has 1 fully saturated rings. The van der Waals surface area contributed by atoms with Gasteiger partial charge in [0.25, 0.3) is 5.91 Å². The number of likely N-dealkylation sites (tertiary alicyclic amines) is 1. The lowest BCUT2D eigenvalue weighted by Gasteiger charge is -2.29. The fourth-order valence-electron chi connectivity index (χ4n) is 2.56. The number of nitrogens with zero attached hydrogens (tertiary/aromatic N) is 1. The Balaban J connectivity index is 1.85. The van der Waals surface area contributed by atoms with Gasteiger partial charge in [0, 0.05) is 19.2 Å². The van der Waals surface area contributed by atoms with Gasteiger partial charge in [-0.3, -0.25) is 14.4 Å². The van der Waals surface area contributed by atoms with Crippen LogP contribution in [0.1, 0.15) is 34.3 Å². The highest BCUT2D eigenvalue weighted by molar-refractivity contribution is 5.97. The standard InChI is InChI=1S/C17H23N3O3/c1-11-6-7-13(9-12(11)2)16(22)18-10-15(21)19-14-5-4-8-20(3)17(14)23/h6-7,9,14H,4-5,8,10H2,1-3H3,(H,18,22)(H,19,21). The largest absolute Gasteiger partial charge is 0.344 e. The Hall–Kier alpha value is -2.37. The Labute approximate surface area is 136 Å². The summed E-state index contributed by atoms with van der Waals surface area (Å²) < 4.78 is 0. The number of carbonyl (C=O) groups excluding carboxylic acids is 3. The van der Waals surface area contributed by atoms with Gasteiger partial charge >= 0.3 is 0 Å². The molecule has 1 aliphatic heterocycles. The monoisotopic (exact) mass is 317 g/mol. The van der Waals surface area contributed by atoms with Crippen molar-refractivity contribution >= 4 is 17.7 Å². The van der Waals surface area contributed by atoms with Crippen molar-refractivity contribution in [1.82, 2.24) is 15.5 Å². The number of likely N-dealkylation sites (N-methyl/N-ethyl adjacent to an activating group) is 1. The second kappa shape index (κ2) is 7.26. The molecule has 1 heterocycles. The number of nitrogens with one attached hydrogen (secondary N) is 2. The van der Waals surface area contributed by atoms with E-state index in [0.717, 1.165) is 17.5 Å². The zero-order valence-electron chi connectivity index (χ0n) is 13.8. The van der Waals surface area contributed by atoms with Crippen molar-refractivity contribution in [3.63, 3.8) is 0 Å². The summed E-state index contributed by atoms with van der Waals surface area (Å²) in [6.45, 7) is 4.49. The van der Waals surface area contributed by atoms with Gasteiger partial charge in [-0.2, -0.15) is 0 Å². The minimum Gasteiger partial charge on any atom is -0.344 e. The number of carbonyl (C=O) groups is 3. The zero-order chi connectivity index (χ0) is 17.0. The quantitative estimate of drug-likeness (QED) is 0.861. The third-order valence-corrected chi connectivity index (χ3v) is 4.17. The summed E-state index contributed by atoms with van der Waals surface area (Å²) in [5.41, 5.74) is 2.66. The SMILES string of the molecule is Cc1ccc(C(=O)NCC(=O)NC2CCCN(C)C2=O)cc1C. The third kappa shape index (κ3) is 4.31. The smallest absolute Gasteiger partial charge is 0.251 e. The van der Waals surface area contributed by atoms with E-state index in [4.69, 9.17) is 0 Å². The first-order valence-corrected chi connectivity index (χ1v) is 7.78. The predicted molar refractivity (Wildman–Crippen MR) is 87.1 cm³/mol. The van der Waals surface area contributed by atoms with Crippen LogP contribution in [0.3, 0.4) is 0 Å². The Bertz CT molecular complexity index is 628. The first kappa shape index (κ1) is 17.0. The highest BCUT2D eigenvalue weighted by Crippen LogP contribution is 2.10. The minimum absolute atomic E-state index is 0.0786. The van der Waals surface area contributed by atoms with Gasteiger partial charge in [0.1, 0.15) is 6.04 Å². The first-order valence-electron chi connectivity index (χ1n) is 7.78. The van der Waals surface area contributed by atoms with Gasteiger partial charge < -0.3 is 15.5 Å². The molecule has 1 unspecified atom stereocenters. The van der Waals surface area contributed by atoms with E-state index < -0.39 is 6.04 Å². The molecule has 6 heteroatoms. The summed E-state index contributed by atoms with van der Waals surface area (Å²) in [6, 6.07) is 4.91. The number of amides is 3. The number of aryl methyl sites for hydroxylation is 2. The van der Waals surface area contributed by atoms with Gasteiger partial charge in [0.05, 0.1) is 6.54 Å². The van der Waals surface area contributed by atoms with Crippen LogP contribution in [-0.4, -0.2) is 48.8 Å².